The topological polar surface area (TPSA) is 110 Å². The lowest BCUT2D eigenvalue weighted by Gasteiger charge is -2.46. The number of rotatable bonds is 5. The molecule has 2 aromatic rings. The SMILES string of the molecule is COC(=O)[C@@H]1C[C@@]2(O)[C@@H](O)[C@@H](O)[C@H](O)C[C@H]2N1CC(c1ccccc1)c1ccccc1. The minimum absolute atomic E-state index is 0.0402. The maximum atomic E-state index is 12.7. The van der Waals surface area contributed by atoms with Crippen molar-refractivity contribution in [3.63, 3.8) is 0 Å². The third-order valence-electron chi connectivity index (χ3n) is 6.86. The molecule has 0 radical (unpaired) electrons. The smallest absolute Gasteiger partial charge is 0.323 e. The van der Waals surface area contributed by atoms with Gasteiger partial charge in [0.25, 0.3) is 0 Å². The van der Waals surface area contributed by atoms with Gasteiger partial charge in [-0.2, -0.15) is 0 Å². The number of hydrogen-bond donors (Lipinski definition) is 4. The highest BCUT2D eigenvalue weighted by molar-refractivity contribution is 5.76. The average Bonchev–Trinajstić information content (AvgIpc) is 3.09. The molecule has 4 rings (SSSR count). The highest BCUT2D eigenvalue weighted by Gasteiger charge is 2.62. The fourth-order valence-corrected chi connectivity index (χ4v) is 5.19. The van der Waals surface area contributed by atoms with Gasteiger partial charge in [-0.15, -0.1) is 0 Å². The van der Waals surface area contributed by atoms with Crippen molar-refractivity contribution in [3.05, 3.63) is 71.8 Å². The van der Waals surface area contributed by atoms with Crippen molar-refractivity contribution in [2.24, 2.45) is 0 Å². The second-order valence-corrected chi connectivity index (χ2v) is 8.56. The maximum Gasteiger partial charge on any atom is 0.323 e. The fraction of sp³-hybridized carbons (Fsp3) is 0.458. The van der Waals surface area contributed by atoms with Gasteiger partial charge in [-0.3, -0.25) is 9.69 Å². The third-order valence-corrected chi connectivity index (χ3v) is 6.86. The minimum Gasteiger partial charge on any atom is -0.468 e. The molecule has 1 saturated heterocycles. The van der Waals surface area contributed by atoms with Crippen LogP contribution >= 0.6 is 0 Å². The van der Waals surface area contributed by atoms with Crippen LogP contribution in [0.2, 0.25) is 0 Å². The Bertz CT molecular complexity index is 854. The number of hydrogen-bond acceptors (Lipinski definition) is 7. The molecule has 0 spiro atoms. The van der Waals surface area contributed by atoms with Crippen LogP contribution in [0.4, 0.5) is 0 Å². The van der Waals surface area contributed by atoms with E-state index >= 15 is 0 Å². The molecule has 1 aliphatic heterocycles. The van der Waals surface area contributed by atoms with Gasteiger partial charge in [0.05, 0.1) is 13.2 Å². The molecule has 0 aromatic heterocycles. The van der Waals surface area contributed by atoms with Crippen molar-refractivity contribution >= 4 is 5.97 Å². The van der Waals surface area contributed by atoms with E-state index in [-0.39, 0.29) is 18.8 Å². The van der Waals surface area contributed by atoms with E-state index in [4.69, 9.17) is 4.74 Å². The van der Waals surface area contributed by atoms with Gasteiger partial charge in [0.2, 0.25) is 0 Å². The summed E-state index contributed by atoms with van der Waals surface area (Å²) in [6.07, 6.45) is -4.28. The molecule has 2 aromatic carbocycles. The molecule has 1 heterocycles. The Morgan fingerprint density at radius 1 is 1.06 bits per heavy atom. The summed E-state index contributed by atoms with van der Waals surface area (Å²) in [7, 11) is 1.29. The number of nitrogens with zero attached hydrogens (tertiary/aromatic N) is 1. The lowest BCUT2D eigenvalue weighted by molar-refractivity contribution is -0.196. The lowest BCUT2D eigenvalue weighted by Crippen LogP contribution is -2.65. The third kappa shape index (κ3) is 3.88. The van der Waals surface area contributed by atoms with Crippen LogP contribution < -0.4 is 0 Å². The van der Waals surface area contributed by atoms with Crippen molar-refractivity contribution in [3.8, 4) is 0 Å². The van der Waals surface area contributed by atoms with Crippen molar-refractivity contribution in [2.75, 3.05) is 13.7 Å². The normalized spacial score (nSPS) is 33.3. The van der Waals surface area contributed by atoms with Crippen molar-refractivity contribution in [1.29, 1.82) is 0 Å². The van der Waals surface area contributed by atoms with E-state index in [2.05, 4.69) is 0 Å². The van der Waals surface area contributed by atoms with E-state index in [1.54, 1.807) is 0 Å². The Morgan fingerprint density at radius 2 is 1.61 bits per heavy atom. The first-order valence-corrected chi connectivity index (χ1v) is 10.6. The molecular weight excluding hydrogens is 398 g/mol. The first-order chi connectivity index (χ1) is 14.9. The van der Waals surface area contributed by atoms with Gasteiger partial charge in [0.15, 0.2) is 0 Å². The summed E-state index contributed by atoms with van der Waals surface area (Å²) < 4.78 is 5.00. The number of methoxy groups -OCH3 is 1. The number of benzene rings is 2. The molecule has 7 heteroatoms. The van der Waals surface area contributed by atoms with Crippen molar-refractivity contribution in [1.82, 2.24) is 4.90 Å². The summed E-state index contributed by atoms with van der Waals surface area (Å²) >= 11 is 0. The molecular formula is C24H29NO6. The molecule has 7 nitrogen and oxygen atoms in total. The van der Waals surface area contributed by atoms with Crippen LogP contribution in [0.15, 0.2) is 60.7 Å². The summed E-state index contributed by atoms with van der Waals surface area (Å²) in [5.74, 6) is -0.628. The molecule has 0 unspecified atom stereocenters. The van der Waals surface area contributed by atoms with Gasteiger partial charge in [-0.05, 0) is 17.5 Å². The van der Waals surface area contributed by atoms with E-state index in [9.17, 15) is 25.2 Å². The summed E-state index contributed by atoms with van der Waals surface area (Å²) in [5, 5.41) is 42.4. The van der Waals surface area contributed by atoms with E-state index in [0.717, 1.165) is 11.1 Å². The highest BCUT2D eigenvalue weighted by atomic mass is 16.5. The Balaban J connectivity index is 1.74. The number of esters is 1. The molecule has 1 aliphatic carbocycles. The standard InChI is InChI=1S/C24H29NO6/c1-31-23(29)18-13-24(30)20(12-19(26)21(27)22(24)28)25(18)14-17(15-8-4-2-5-9-15)16-10-6-3-7-11-16/h2-11,17-22,26-28,30H,12-14H2,1H3/t18-,19+,20+,21-,22-,24-/m0/s1. The first kappa shape index (κ1) is 21.9. The molecule has 31 heavy (non-hydrogen) atoms. The van der Waals surface area contributed by atoms with Gasteiger partial charge in [0.1, 0.15) is 23.9 Å². The first-order valence-electron chi connectivity index (χ1n) is 10.6. The van der Waals surface area contributed by atoms with Crippen LogP contribution in [0.3, 0.4) is 0 Å². The molecule has 0 amide bonds. The molecule has 166 valence electrons. The predicted molar refractivity (Wildman–Crippen MR) is 113 cm³/mol. The van der Waals surface area contributed by atoms with Gasteiger partial charge in [-0.1, -0.05) is 60.7 Å². The lowest BCUT2D eigenvalue weighted by atomic mass is 9.75. The Kier molecular flexibility index (Phi) is 6.14. The Morgan fingerprint density at radius 3 is 2.13 bits per heavy atom. The number of aliphatic hydroxyl groups excluding tert-OH is 3. The van der Waals surface area contributed by atoms with Crippen LogP contribution in [0.25, 0.3) is 0 Å². The van der Waals surface area contributed by atoms with E-state index in [1.165, 1.54) is 7.11 Å². The van der Waals surface area contributed by atoms with Crippen LogP contribution in [0, 0.1) is 0 Å². The highest BCUT2D eigenvalue weighted by Crippen LogP contribution is 2.45. The fourth-order valence-electron chi connectivity index (χ4n) is 5.19. The second kappa shape index (κ2) is 8.68. The van der Waals surface area contributed by atoms with Crippen molar-refractivity contribution in [2.45, 2.75) is 54.8 Å². The number of likely N-dealkylation sites (tertiary alicyclic amines) is 1. The molecule has 6 atom stereocenters. The zero-order chi connectivity index (χ0) is 22.2. The molecule has 2 aliphatic rings. The van der Waals surface area contributed by atoms with Gasteiger partial charge < -0.3 is 25.2 Å². The predicted octanol–water partition coefficient (Wildman–Crippen LogP) is 0.652. The quantitative estimate of drug-likeness (QED) is 0.519. The number of ether oxygens (including phenoxy) is 1. The van der Waals surface area contributed by atoms with Crippen LogP contribution in [-0.2, 0) is 9.53 Å². The summed E-state index contributed by atoms with van der Waals surface area (Å²) in [4.78, 5) is 14.5. The van der Waals surface area contributed by atoms with E-state index < -0.39 is 42.0 Å². The summed E-state index contributed by atoms with van der Waals surface area (Å²) in [6, 6.07) is 18.2. The van der Waals surface area contributed by atoms with Crippen molar-refractivity contribution < 1.29 is 30.0 Å². The Labute approximate surface area is 181 Å². The summed E-state index contributed by atoms with van der Waals surface area (Å²) in [6.45, 7) is 0.371. The largest absolute Gasteiger partial charge is 0.468 e. The summed E-state index contributed by atoms with van der Waals surface area (Å²) in [5.41, 5.74) is 0.365. The Hall–Kier alpha value is -2.29. The average molecular weight is 427 g/mol. The monoisotopic (exact) mass is 427 g/mol. The minimum atomic E-state index is -1.73. The number of carbonyl (C=O) groups is 1. The second-order valence-electron chi connectivity index (χ2n) is 8.56. The van der Waals surface area contributed by atoms with E-state index in [0.29, 0.717) is 6.54 Å². The number of aliphatic hydroxyl groups is 4. The van der Waals surface area contributed by atoms with Crippen LogP contribution in [0.5, 0.6) is 0 Å². The zero-order valence-electron chi connectivity index (χ0n) is 17.4. The molecule has 1 saturated carbocycles. The van der Waals surface area contributed by atoms with Gasteiger partial charge in [-0.25, -0.2) is 0 Å². The van der Waals surface area contributed by atoms with Crippen LogP contribution in [-0.4, -0.2) is 80.9 Å². The number of carbonyl (C=O) groups excluding carboxylic acids is 1. The van der Waals surface area contributed by atoms with Crippen LogP contribution in [0.1, 0.15) is 29.9 Å². The zero-order valence-corrected chi connectivity index (χ0v) is 17.4. The molecule has 2 fully saturated rings. The molecule has 4 N–H and O–H groups in total. The van der Waals surface area contributed by atoms with E-state index in [1.807, 2.05) is 65.6 Å². The molecule has 0 bridgehead atoms. The maximum absolute atomic E-state index is 12.7. The van der Waals surface area contributed by atoms with Gasteiger partial charge in [0, 0.05) is 24.9 Å². The number of fused-ring (bicyclic) bond motifs is 1. The van der Waals surface area contributed by atoms with Gasteiger partial charge >= 0.3 is 5.97 Å².